The Bertz CT molecular complexity index is 909. The third-order valence-corrected chi connectivity index (χ3v) is 6.71. The molecule has 8 nitrogen and oxygen atoms in total. The molecule has 222 valence electrons. The molecule has 0 radical (unpaired) electrons. The zero-order valence-electron chi connectivity index (χ0n) is 24.1. The van der Waals surface area contributed by atoms with E-state index in [4.69, 9.17) is 28.4 Å². The summed E-state index contributed by atoms with van der Waals surface area (Å²) >= 11 is 0. The lowest BCUT2D eigenvalue weighted by molar-refractivity contribution is -0.0113. The molecule has 0 saturated carbocycles. The fraction of sp³-hybridized carbons (Fsp3) is 0.594. The summed E-state index contributed by atoms with van der Waals surface area (Å²) in [7, 11) is 0. The van der Waals surface area contributed by atoms with Crippen molar-refractivity contribution in [2.75, 3.05) is 79.2 Å². The second kappa shape index (κ2) is 20.4. The molecule has 8 heteroatoms. The van der Waals surface area contributed by atoms with Crippen LogP contribution in [0.15, 0.2) is 48.5 Å². The fourth-order valence-electron chi connectivity index (χ4n) is 4.63. The molecule has 2 aromatic rings. The zero-order chi connectivity index (χ0) is 28.1. The van der Waals surface area contributed by atoms with Crippen molar-refractivity contribution in [1.82, 2.24) is 5.32 Å². The van der Waals surface area contributed by atoms with Gasteiger partial charge in [-0.25, -0.2) is 4.79 Å². The van der Waals surface area contributed by atoms with Crippen LogP contribution in [0.3, 0.4) is 0 Å². The van der Waals surface area contributed by atoms with Crippen LogP contribution in [0.4, 0.5) is 4.79 Å². The summed E-state index contributed by atoms with van der Waals surface area (Å²) in [6, 6.07) is 16.6. The van der Waals surface area contributed by atoms with Crippen LogP contribution in [0.5, 0.6) is 0 Å². The molecular formula is C32H47NO7. The van der Waals surface area contributed by atoms with E-state index in [0.717, 1.165) is 13.0 Å². The number of fused-ring (bicyclic) bond motifs is 3. The van der Waals surface area contributed by atoms with Crippen LogP contribution in [0.1, 0.15) is 56.1 Å². The second-order valence-corrected chi connectivity index (χ2v) is 9.73. The summed E-state index contributed by atoms with van der Waals surface area (Å²) in [5, 5.41) is 2.81. The van der Waals surface area contributed by atoms with E-state index in [0.29, 0.717) is 79.0 Å². The lowest BCUT2D eigenvalue weighted by Gasteiger charge is -2.14. The highest BCUT2D eigenvalue weighted by Crippen LogP contribution is 2.44. The maximum atomic E-state index is 12.2. The Labute approximate surface area is 239 Å². The third-order valence-electron chi connectivity index (χ3n) is 6.71. The van der Waals surface area contributed by atoms with Crippen LogP contribution in [0.2, 0.25) is 0 Å². The molecule has 40 heavy (non-hydrogen) atoms. The van der Waals surface area contributed by atoms with Crippen molar-refractivity contribution in [3.8, 4) is 11.1 Å². The first-order valence-corrected chi connectivity index (χ1v) is 14.8. The Morgan fingerprint density at radius 1 is 0.625 bits per heavy atom. The van der Waals surface area contributed by atoms with Gasteiger partial charge in [-0.05, 0) is 35.1 Å². The van der Waals surface area contributed by atoms with E-state index >= 15 is 0 Å². The van der Waals surface area contributed by atoms with Crippen molar-refractivity contribution >= 4 is 6.09 Å². The molecule has 0 spiro atoms. The average molecular weight is 558 g/mol. The van der Waals surface area contributed by atoms with Gasteiger partial charge in [0.25, 0.3) is 0 Å². The quantitative estimate of drug-likeness (QED) is 0.179. The van der Waals surface area contributed by atoms with Crippen molar-refractivity contribution in [1.29, 1.82) is 0 Å². The summed E-state index contributed by atoms with van der Waals surface area (Å²) in [5.74, 6) is 0.0648. The molecule has 0 atom stereocenters. The monoisotopic (exact) mass is 557 g/mol. The molecule has 0 heterocycles. The smallest absolute Gasteiger partial charge is 0.407 e. The van der Waals surface area contributed by atoms with Crippen molar-refractivity contribution < 1.29 is 33.2 Å². The van der Waals surface area contributed by atoms with Crippen LogP contribution >= 0.6 is 0 Å². The Morgan fingerprint density at radius 2 is 1.10 bits per heavy atom. The van der Waals surface area contributed by atoms with Gasteiger partial charge < -0.3 is 33.7 Å². The van der Waals surface area contributed by atoms with E-state index < -0.39 is 6.09 Å². The molecule has 1 aliphatic rings. The highest BCUT2D eigenvalue weighted by Gasteiger charge is 2.28. The molecule has 0 unspecified atom stereocenters. The Kier molecular flexibility index (Phi) is 16.3. The van der Waals surface area contributed by atoms with Gasteiger partial charge in [0.05, 0.1) is 52.9 Å². The SMILES string of the molecule is CCCCCCOCCOCCOCCOCCOCCCNC(=O)OCC1c2ccccc2-c2ccccc21. The molecular weight excluding hydrogens is 510 g/mol. The van der Waals surface area contributed by atoms with Crippen molar-refractivity contribution in [2.24, 2.45) is 0 Å². The topological polar surface area (TPSA) is 84.5 Å². The molecule has 0 bridgehead atoms. The number of benzene rings is 2. The highest BCUT2D eigenvalue weighted by atomic mass is 16.6. The lowest BCUT2D eigenvalue weighted by atomic mass is 9.98. The van der Waals surface area contributed by atoms with Gasteiger partial charge in [0.1, 0.15) is 6.61 Å². The first-order chi connectivity index (χ1) is 19.8. The third kappa shape index (κ3) is 11.9. The van der Waals surface area contributed by atoms with Crippen LogP contribution < -0.4 is 5.32 Å². The Balaban J connectivity index is 1.07. The Morgan fingerprint density at radius 3 is 1.62 bits per heavy atom. The Hall–Kier alpha value is -2.49. The number of carbonyl (C=O) groups excluding carboxylic acids is 1. The second-order valence-electron chi connectivity index (χ2n) is 9.73. The van der Waals surface area contributed by atoms with E-state index in [9.17, 15) is 4.79 Å². The number of hydrogen-bond acceptors (Lipinski definition) is 7. The lowest BCUT2D eigenvalue weighted by Crippen LogP contribution is -2.27. The van der Waals surface area contributed by atoms with Gasteiger partial charge in [0, 0.05) is 25.7 Å². The minimum Gasteiger partial charge on any atom is -0.449 e. The normalized spacial score (nSPS) is 12.3. The van der Waals surface area contributed by atoms with Crippen LogP contribution in [-0.2, 0) is 28.4 Å². The number of alkyl carbamates (subject to hydrolysis) is 1. The van der Waals surface area contributed by atoms with Crippen molar-refractivity contribution in [3.05, 3.63) is 59.7 Å². The molecule has 1 N–H and O–H groups in total. The number of ether oxygens (including phenoxy) is 6. The van der Waals surface area contributed by atoms with Gasteiger partial charge in [-0.2, -0.15) is 0 Å². The van der Waals surface area contributed by atoms with Gasteiger partial charge in [0.15, 0.2) is 0 Å². The largest absolute Gasteiger partial charge is 0.449 e. The maximum Gasteiger partial charge on any atom is 0.407 e. The molecule has 0 aliphatic heterocycles. The molecule has 0 aromatic heterocycles. The molecule has 3 rings (SSSR count). The van der Waals surface area contributed by atoms with Crippen LogP contribution in [0, 0.1) is 0 Å². The predicted octanol–water partition coefficient (Wildman–Crippen LogP) is 5.58. The molecule has 0 saturated heterocycles. The summed E-state index contributed by atoms with van der Waals surface area (Å²) < 4.78 is 33.1. The van der Waals surface area contributed by atoms with Crippen LogP contribution in [-0.4, -0.2) is 85.3 Å². The number of nitrogens with one attached hydrogen (secondary N) is 1. The predicted molar refractivity (Wildman–Crippen MR) is 156 cm³/mol. The standard InChI is InChI=1S/C32H47NO7/c1-2-3-4-9-16-35-18-20-37-22-24-39-25-23-38-21-19-36-17-10-15-33-32(34)40-26-31-29-13-7-5-11-27(29)28-12-6-8-14-30(28)31/h5-8,11-14,31H,2-4,9-10,15-26H2,1H3,(H,33,34). The summed E-state index contributed by atoms with van der Waals surface area (Å²) in [4.78, 5) is 12.2. The van der Waals surface area contributed by atoms with Gasteiger partial charge in [-0.15, -0.1) is 0 Å². The van der Waals surface area contributed by atoms with E-state index in [-0.39, 0.29) is 5.92 Å². The van der Waals surface area contributed by atoms with Crippen LogP contribution in [0.25, 0.3) is 11.1 Å². The van der Waals surface area contributed by atoms with Gasteiger partial charge in [0.2, 0.25) is 0 Å². The molecule has 2 aromatic carbocycles. The number of unbranched alkanes of at least 4 members (excludes halogenated alkanes) is 3. The summed E-state index contributed by atoms with van der Waals surface area (Å²) in [5.41, 5.74) is 4.85. The van der Waals surface area contributed by atoms with Crippen molar-refractivity contribution in [3.63, 3.8) is 0 Å². The van der Waals surface area contributed by atoms with Gasteiger partial charge in [-0.3, -0.25) is 0 Å². The fourth-order valence-corrected chi connectivity index (χ4v) is 4.63. The van der Waals surface area contributed by atoms with E-state index in [1.54, 1.807) is 0 Å². The number of carbonyl (C=O) groups is 1. The maximum absolute atomic E-state index is 12.2. The van der Waals surface area contributed by atoms with Gasteiger partial charge >= 0.3 is 6.09 Å². The first-order valence-electron chi connectivity index (χ1n) is 14.8. The first kappa shape index (κ1) is 32.0. The van der Waals surface area contributed by atoms with Crippen molar-refractivity contribution in [2.45, 2.75) is 44.9 Å². The summed E-state index contributed by atoms with van der Waals surface area (Å²) in [6.45, 7) is 8.81. The van der Waals surface area contributed by atoms with Gasteiger partial charge in [-0.1, -0.05) is 74.7 Å². The minimum absolute atomic E-state index is 0.0648. The number of rotatable bonds is 23. The zero-order valence-corrected chi connectivity index (χ0v) is 24.1. The highest BCUT2D eigenvalue weighted by molar-refractivity contribution is 5.79. The molecule has 1 amide bonds. The van der Waals surface area contributed by atoms with E-state index in [1.807, 2.05) is 24.3 Å². The summed E-state index contributed by atoms with van der Waals surface area (Å²) in [6.07, 6.45) is 5.19. The molecule has 0 fully saturated rings. The minimum atomic E-state index is -0.401. The number of amides is 1. The van der Waals surface area contributed by atoms with E-state index in [2.05, 4.69) is 36.5 Å². The molecule has 1 aliphatic carbocycles. The number of hydrogen-bond donors (Lipinski definition) is 1. The van der Waals surface area contributed by atoms with E-state index in [1.165, 1.54) is 41.5 Å². The average Bonchev–Trinajstić information content (AvgIpc) is 3.30.